The van der Waals surface area contributed by atoms with Crippen LogP contribution in [0.5, 0.6) is 5.75 Å². The summed E-state index contributed by atoms with van der Waals surface area (Å²) in [7, 11) is 1.65. The van der Waals surface area contributed by atoms with Crippen molar-refractivity contribution in [2.75, 3.05) is 13.7 Å². The molecule has 0 aliphatic carbocycles. The van der Waals surface area contributed by atoms with Crippen LogP contribution < -0.4 is 10.1 Å². The molecule has 1 aromatic rings. The van der Waals surface area contributed by atoms with Gasteiger partial charge in [0.25, 0.3) is 0 Å². The molecular formula is C10H11F4NO. The van der Waals surface area contributed by atoms with Crippen LogP contribution in [0.25, 0.3) is 0 Å². The first kappa shape index (κ1) is 12.8. The summed E-state index contributed by atoms with van der Waals surface area (Å²) in [5.74, 6) is -0.743. The molecule has 1 rings (SSSR count). The Balaban J connectivity index is 2.72. The molecule has 0 amide bonds. The number of ether oxygens (including phenoxy) is 1. The maximum absolute atomic E-state index is 13.0. The zero-order valence-electron chi connectivity index (χ0n) is 8.57. The van der Waals surface area contributed by atoms with E-state index in [1.807, 2.05) is 0 Å². The van der Waals surface area contributed by atoms with Gasteiger partial charge in [0.1, 0.15) is 11.6 Å². The van der Waals surface area contributed by atoms with Gasteiger partial charge in [-0.05, 0) is 24.7 Å². The summed E-state index contributed by atoms with van der Waals surface area (Å²) in [4.78, 5) is 0. The third kappa shape index (κ3) is 4.48. The van der Waals surface area contributed by atoms with Crippen molar-refractivity contribution in [3.63, 3.8) is 0 Å². The molecule has 1 N–H and O–H groups in total. The third-order valence-corrected chi connectivity index (χ3v) is 1.71. The number of hydrogen-bond acceptors (Lipinski definition) is 2. The van der Waals surface area contributed by atoms with Gasteiger partial charge >= 0.3 is 6.18 Å². The van der Waals surface area contributed by atoms with Gasteiger partial charge in [0, 0.05) is 12.6 Å². The predicted molar refractivity (Wildman–Crippen MR) is 50.7 cm³/mol. The SMILES string of the molecule is CNCc1cc(F)cc(OCC(F)(F)F)c1. The van der Waals surface area contributed by atoms with Crippen LogP contribution in [0, 0.1) is 5.82 Å². The molecule has 90 valence electrons. The number of nitrogens with one attached hydrogen (secondary N) is 1. The molecule has 0 aromatic heterocycles. The van der Waals surface area contributed by atoms with Crippen LogP contribution in [0.4, 0.5) is 17.6 Å². The van der Waals surface area contributed by atoms with Gasteiger partial charge in [-0.3, -0.25) is 0 Å². The average molecular weight is 237 g/mol. The quantitative estimate of drug-likeness (QED) is 0.812. The highest BCUT2D eigenvalue weighted by molar-refractivity contribution is 5.29. The summed E-state index contributed by atoms with van der Waals surface area (Å²) in [5.41, 5.74) is 0.527. The number of rotatable bonds is 4. The number of benzene rings is 1. The fourth-order valence-electron chi connectivity index (χ4n) is 1.18. The van der Waals surface area contributed by atoms with Gasteiger partial charge in [0.05, 0.1) is 0 Å². The van der Waals surface area contributed by atoms with Crippen molar-refractivity contribution in [2.45, 2.75) is 12.7 Å². The first-order valence-electron chi connectivity index (χ1n) is 4.54. The van der Waals surface area contributed by atoms with Gasteiger partial charge in [0.15, 0.2) is 6.61 Å². The average Bonchev–Trinajstić information content (AvgIpc) is 2.13. The Kier molecular flexibility index (Phi) is 4.12. The minimum Gasteiger partial charge on any atom is -0.484 e. The second-order valence-electron chi connectivity index (χ2n) is 3.23. The largest absolute Gasteiger partial charge is 0.484 e. The number of halogens is 4. The van der Waals surface area contributed by atoms with E-state index in [-0.39, 0.29) is 5.75 Å². The second kappa shape index (κ2) is 5.16. The smallest absolute Gasteiger partial charge is 0.422 e. The molecule has 0 saturated carbocycles. The van der Waals surface area contributed by atoms with Crippen LogP contribution >= 0.6 is 0 Å². The first-order chi connectivity index (χ1) is 7.40. The molecule has 0 radical (unpaired) electrons. The van der Waals surface area contributed by atoms with Gasteiger partial charge < -0.3 is 10.1 Å². The van der Waals surface area contributed by atoms with Crippen LogP contribution in [-0.2, 0) is 6.54 Å². The zero-order chi connectivity index (χ0) is 12.2. The lowest BCUT2D eigenvalue weighted by Gasteiger charge is -2.10. The van der Waals surface area contributed by atoms with Crippen LogP contribution in [0.2, 0.25) is 0 Å². The molecule has 0 saturated heterocycles. The molecule has 0 aliphatic heterocycles. The third-order valence-electron chi connectivity index (χ3n) is 1.71. The van der Waals surface area contributed by atoms with E-state index in [0.29, 0.717) is 12.1 Å². The maximum atomic E-state index is 13.0. The van der Waals surface area contributed by atoms with Gasteiger partial charge in [0.2, 0.25) is 0 Å². The normalized spacial score (nSPS) is 11.6. The summed E-state index contributed by atoms with van der Waals surface area (Å²) in [6.07, 6.45) is -4.42. The maximum Gasteiger partial charge on any atom is 0.422 e. The lowest BCUT2D eigenvalue weighted by molar-refractivity contribution is -0.153. The van der Waals surface area contributed by atoms with E-state index in [9.17, 15) is 17.6 Å². The fraction of sp³-hybridized carbons (Fsp3) is 0.400. The van der Waals surface area contributed by atoms with E-state index < -0.39 is 18.6 Å². The molecular weight excluding hydrogens is 226 g/mol. The van der Waals surface area contributed by atoms with E-state index in [4.69, 9.17) is 0 Å². The molecule has 1 aromatic carbocycles. The van der Waals surface area contributed by atoms with Crippen molar-refractivity contribution in [3.8, 4) is 5.75 Å². The van der Waals surface area contributed by atoms with Crippen LogP contribution in [0.15, 0.2) is 18.2 Å². The Morgan fingerprint density at radius 1 is 1.25 bits per heavy atom. The molecule has 2 nitrogen and oxygen atoms in total. The molecule has 0 bridgehead atoms. The minimum absolute atomic E-state index is 0.123. The number of alkyl halides is 3. The highest BCUT2D eigenvalue weighted by atomic mass is 19.4. The summed E-state index contributed by atoms with van der Waals surface area (Å²) < 4.78 is 53.0. The van der Waals surface area contributed by atoms with Crippen molar-refractivity contribution >= 4 is 0 Å². The summed E-state index contributed by atoms with van der Waals surface area (Å²) in [5, 5.41) is 2.77. The van der Waals surface area contributed by atoms with Crippen molar-refractivity contribution in [1.82, 2.24) is 5.32 Å². The highest BCUT2D eigenvalue weighted by Gasteiger charge is 2.28. The van der Waals surface area contributed by atoms with Crippen LogP contribution in [0.3, 0.4) is 0 Å². The summed E-state index contributed by atoms with van der Waals surface area (Å²) in [6.45, 7) is -1.06. The standard InChI is InChI=1S/C10H11F4NO/c1-15-5-7-2-8(11)4-9(3-7)16-6-10(12,13)14/h2-4,15H,5-6H2,1H3. The fourth-order valence-corrected chi connectivity index (χ4v) is 1.18. The predicted octanol–water partition coefficient (Wildman–Crippen LogP) is 2.49. The number of hydrogen-bond donors (Lipinski definition) is 1. The monoisotopic (exact) mass is 237 g/mol. The molecule has 0 spiro atoms. The van der Waals surface area contributed by atoms with Crippen LogP contribution in [0.1, 0.15) is 5.56 Å². The van der Waals surface area contributed by atoms with E-state index >= 15 is 0 Å². The minimum atomic E-state index is -4.42. The molecule has 0 fully saturated rings. The summed E-state index contributed by atoms with van der Waals surface area (Å²) >= 11 is 0. The van der Waals surface area contributed by atoms with E-state index in [1.54, 1.807) is 7.05 Å². The molecule has 6 heteroatoms. The lowest BCUT2D eigenvalue weighted by atomic mass is 10.2. The lowest BCUT2D eigenvalue weighted by Crippen LogP contribution is -2.19. The molecule has 0 unspecified atom stereocenters. The highest BCUT2D eigenvalue weighted by Crippen LogP contribution is 2.20. The van der Waals surface area contributed by atoms with Crippen molar-refractivity contribution in [2.24, 2.45) is 0 Å². The van der Waals surface area contributed by atoms with Crippen molar-refractivity contribution < 1.29 is 22.3 Å². The molecule has 0 heterocycles. The first-order valence-corrected chi connectivity index (χ1v) is 4.54. The Morgan fingerprint density at radius 3 is 2.50 bits per heavy atom. The van der Waals surface area contributed by atoms with Gasteiger partial charge in [-0.25, -0.2) is 4.39 Å². The summed E-state index contributed by atoms with van der Waals surface area (Å²) in [6, 6.07) is 3.52. The van der Waals surface area contributed by atoms with Gasteiger partial charge in [-0.2, -0.15) is 13.2 Å². The molecule has 0 atom stereocenters. The second-order valence-corrected chi connectivity index (χ2v) is 3.23. The Hall–Kier alpha value is -1.30. The zero-order valence-corrected chi connectivity index (χ0v) is 8.57. The topological polar surface area (TPSA) is 21.3 Å². The van der Waals surface area contributed by atoms with E-state index in [1.165, 1.54) is 12.1 Å². The van der Waals surface area contributed by atoms with Crippen molar-refractivity contribution in [3.05, 3.63) is 29.6 Å². The van der Waals surface area contributed by atoms with Gasteiger partial charge in [-0.1, -0.05) is 0 Å². The van der Waals surface area contributed by atoms with E-state index in [0.717, 1.165) is 6.07 Å². The molecule has 0 aliphatic rings. The Bertz CT molecular complexity index is 351. The van der Waals surface area contributed by atoms with Crippen molar-refractivity contribution in [1.29, 1.82) is 0 Å². The van der Waals surface area contributed by atoms with Crippen LogP contribution in [-0.4, -0.2) is 19.8 Å². The Labute approximate surface area is 90.2 Å². The van der Waals surface area contributed by atoms with Gasteiger partial charge in [-0.15, -0.1) is 0 Å². The van der Waals surface area contributed by atoms with E-state index in [2.05, 4.69) is 10.1 Å². The molecule has 16 heavy (non-hydrogen) atoms. The Morgan fingerprint density at radius 2 is 1.94 bits per heavy atom.